The van der Waals surface area contributed by atoms with Crippen LogP contribution in [0.2, 0.25) is 0 Å². The molecule has 0 radical (unpaired) electrons. The summed E-state index contributed by atoms with van der Waals surface area (Å²) in [4.78, 5) is 33.8. The van der Waals surface area contributed by atoms with Crippen molar-refractivity contribution < 1.29 is 19.2 Å². The number of aryl methyl sites for hydroxylation is 1. The van der Waals surface area contributed by atoms with E-state index in [1.807, 2.05) is 19.1 Å². The summed E-state index contributed by atoms with van der Waals surface area (Å²) < 4.78 is 5.31. The van der Waals surface area contributed by atoms with E-state index in [-0.39, 0.29) is 17.4 Å². The Labute approximate surface area is 171 Å². The number of benzene rings is 2. The fourth-order valence-electron chi connectivity index (χ4n) is 2.04. The van der Waals surface area contributed by atoms with Gasteiger partial charge in [-0.15, -0.1) is 0 Å². The minimum atomic E-state index is -0.570. The molecule has 0 aliphatic heterocycles. The molecule has 0 atom stereocenters. The molecular weight excluding hydrogens is 396 g/mol. The largest absolute Gasteiger partial charge is 0.484 e. The zero-order chi connectivity index (χ0) is 21.2. The zero-order valence-corrected chi connectivity index (χ0v) is 16.2. The summed E-state index contributed by atoms with van der Waals surface area (Å²) in [5, 5.41) is 12.9. The molecule has 0 heterocycles. The molecule has 2 amide bonds. The normalized spacial score (nSPS) is 10.2. The van der Waals surface area contributed by atoms with Gasteiger partial charge in [0, 0.05) is 18.2 Å². The number of non-ortho nitro benzene ring substituents is 1. The van der Waals surface area contributed by atoms with Crippen molar-refractivity contribution in [3.05, 3.63) is 75.8 Å². The average molecular weight is 414 g/mol. The summed E-state index contributed by atoms with van der Waals surface area (Å²) in [6, 6.07) is 13.0. The lowest BCUT2D eigenvalue weighted by Crippen LogP contribution is -2.49. The lowest BCUT2D eigenvalue weighted by Gasteiger charge is -2.10. The van der Waals surface area contributed by atoms with Gasteiger partial charge in [0.25, 0.3) is 11.6 Å². The van der Waals surface area contributed by atoms with Gasteiger partial charge in [-0.3, -0.25) is 35.9 Å². The second-order valence-electron chi connectivity index (χ2n) is 5.78. The first-order chi connectivity index (χ1) is 13.8. The highest BCUT2D eigenvalue weighted by Gasteiger charge is 2.06. The monoisotopic (exact) mass is 414 g/mol. The van der Waals surface area contributed by atoms with Gasteiger partial charge >= 0.3 is 0 Å². The maximum absolute atomic E-state index is 11.8. The van der Waals surface area contributed by atoms with E-state index >= 15 is 0 Å². The number of hydrazine groups is 1. The van der Waals surface area contributed by atoms with Crippen LogP contribution < -0.4 is 20.9 Å². The van der Waals surface area contributed by atoms with Crippen molar-refractivity contribution in [2.75, 3.05) is 6.61 Å². The summed E-state index contributed by atoms with van der Waals surface area (Å²) in [5.41, 5.74) is 6.14. The highest BCUT2D eigenvalue weighted by atomic mass is 32.1. The van der Waals surface area contributed by atoms with E-state index in [1.54, 1.807) is 18.2 Å². The third kappa shape index (κ3) is 7.77. The van der Waals surface area contributed by atoms with E-state index in [2.05, 4.69) is 16.2 Å². The number of nitro benzene ring substituents is 1. The van der Waals surface area contributed by atoms with Gasteiger partial charge < -0.3 is 4.74 Å². The van der Waals surface area contributed by atoms with Crippen molar-refractivity contribution in [1.29, 1.82) is 0 Å². The number of nitrogens with one attached hydrogen (secondary N) is 3. The number of ether oxygens (including phenoxy) is 1. The Morgan fingerprint density at radius 1 is 1.17 bits per heavy atom. The van der Waals surface area contributed by atoms with Crippen LogP contribution in [0.15, 0.2) is 54.6 Å². The number of amides is 2. The van der Waals surface area contributed by atoms with Crippen LogP contribution in [0.3, 0.4) is 0 Å². The third-order valence-electron chi connectivity index (χ3n) is 3.45. The van der Waals surface area contributed by atoms with Crippen LogP contribution in [0, 0.1) is 17.0 Å². The Balaban J connectivity index is 1.73. The van der Waals surface area contributed by atoms with Gasteiger partial charge in [-0.25, -0.2) is 0 Å². The SMILES string of the molecule is Cc1ccc(OCC(=O)NNC(=S)NC(=O)/C=C/c2cccc([N+](=O)[O-])c2)cc1. The Morgan fingerprint density at radius 2 is 1.90 bits per heavy atom. The highest BCUT2D eigenvalue weighted by Crippen LogP contribution is 2.14. The van der Waals surface area contributed by atoms with Crippen LogP contribution in [0.5, 0.6) is 5.75 Å². The predicted molar refractivity (Wildman–Crippen MR) is 111 cm³/mol. The summed E-state index contributed by atoms with van der Waals surface area (Å²) in [5.74, 6) is -0.513. The molecule has 2 aromatic carbocycles. The topological polar surface area (TPSA) is 123 Å². The molecule has 29 heavy (non-hydrogen) atoms. The highest BCUT2D eigenvalue weighted by molar-refractivity contribution is 7.80. The van der Waals surface area contributed by atoms with Crippen molar-refractivity contribution in [1.82, 2.24) is 16.2 Å². The minimum absolute atomic E-state index is 0.0830. The predicted octanol–water partition coefficient (Wildman–Crippen LogP) is 2.02. The van der Waals surface area contributed by atoms with Crippen LogP contribution in [0.1, 0.15) is 11.1 Å². The second-order valence-corrected chi connectivity index (χ2v) is 6.19. The summed E-state index contributed by atoms with van der Waals surface area (Å²) in [6.45, 7) is 1.70. The number of hydrogen-bond acceptors (Lipinski definition) is 6. The van der Waals surface area contributed by atoms with E-state index in [0.29, 0.717) is 11.3 Å². The van der Waals surface area contributed by atoms with Gasteiger partial charge in [0.15, 0.2) is 11.7 Å². The molecule has 0 aromatic heterocycles. The Morgan fingerprint density at radius 3 is 2.59 bits per heavy atom. The average Bonchev–Trinajstić information content (AvgIpc) is 2.70. The maximum Gasteiger partial charge on any atom is 0.276 e. The zero-order valence-electron chi connectivity index (χ0n) is 15.4. The molecule has 0 unspecified atom stereocenters. The fraction of sp³-hybridized carbons (Fsp3) is 0.105. The maximum atomic E-state index is 11.8. The van der Waals surface area contributed by atoms with E-state index in [1.165, 1.54) is 24.3 Å². The van der Waals surface area contributed by atoms with E-state index in [4.69, 9.17) is 17.0 Å². The molecule has 0 saturated carbocycles. The van der Waals surface area contributed by atoms with E-state index < -0.39 is 16.7 Å². The number of nitrogens with zero attached hydrogens (tertiary/aromatic N) is 1. The number of carbonyl (C=O) groups is 2. The summed E-state index contributed by atoms with van der Waals surface area (Å²) >= 11 is 4.90. The number of hydrogen-bond donors (Lipinski definition) is 3. The Kier molecular flexibility index (Phi) is 7.80. The number of nitro groups is 1. The smallest absolute Gasteiger partial charge is 0.276 e. The van der Waals surface area contributed by atoms with Crippen molar-refractivity contribution in [3.63, 3.8) is 0 Å². The lowest BCUT2D eigenvalue weighted by molar-refractivity contribution is -0.384. The van der Waals surface area contributed by atoms with Crippen molar-refractivity contribution >= 4 is 40.9 Å². The molecule has 0 bridgehead atoms. The van der Waals surface area contributed by atoms with Crippen LogP contribution in [-0.4, -0.2) is 28.5 Å². The van der Waals surface area contributed by atoms with Crippen molar-refractivity contribution in [2.45, 2.75) is 6.92 Å². The third-order valence-corrected chi connectivity index (χ3v) is 3.66. The Bertz CT molecular complexity index is 944. The van der Waals surface area contributed by atoms with Gasteiger partial charge in [0.2, 0.25) is 5.91 Å². The molecule has 0 aliphatic carbocycles. The van der Waals surface area contributed by atoms with Crippen LogP contribution in [-0.2, 0) is 9.59 Å². The van der Waals surface area contributed by atoms with Gasteiger partial charge in [-0.05, 0) is 42.9 Å². The second kappa shape index (κ2) is 10.5. The molecule has 10 heteroatoms. The van der Waals surface area contributed by atoms with Crippen molar-refractivity contribution in [2.24, 2.45) is 0 Å². The lowest BCUT2D eigenvalue weighted by atomic mass is 10.2. The van der Waals surface area contributed by atoms with Crippen molar-refractivity contribution in [3.8, 4) is 5.75 Å². The summed E-state index contributed by atoms with van der Waals surface area (Å²) in [6.07, 6.45) is 2.56. The molecule has 2 rings (SSSR count). The molecule has 0 spiro atoms. The number of rotatable bonds is 6. The molecule has 9 nitrogen and oxygen atoms in total. The Hall–Kier alpha value is -3.79. The number of thiocarbonyl (C=S) groups is 1. The van der Waals surface area contributed by atoms with Gasteiger partial charge in [-0.2, -0.15) is 0 Å². The number of carbonyl (C=O) groups excluding carboxylic acids is 2. The molecule has 0 saturated heterocycles. The van der Waals surface area contributed by atoms with E-state index in [9.17, 15) is 19.7 Å². The van der Waals surface area contributed by atoms with Gasteiger partial charge in [-0.1, -0.05) is 29.8 Å². The summed E-state index contributed by atoms with van der Waals surface area (Å²) in [7, 11) is 0. The molecule has 2 aromatic rings. The quantitative estimate of drug-likeness (QED) is 0.286. The molecular formula is C19H18N4O5S. The van der Waals surface area contributed by atoms with E-state index in [0.717, 1.165) is 11.6 Å². The first-order valence-electron chi connectivity index (χ1n) is 8.35. The first-order valence-corrected chi connectivity index (χ1v) is 8.76. The minimum Gasteiger partial charge on any atom is -0.484 e. The molecule has 3 N–H and O–H groups in total. The van der Waals surface area contributed by atoms with Crippen LogP contribution >= 0.6 is 12.2 Å². The van der Waals surface area contributed by atoms with Crippen LogP contribution in [0.4, 0.5) is 5.69 Å². The first kappa shape index (κ1) is 21.5. The fourth-order valence-corrected chi connectivity index (χ4v) is 2.20. The van der Waals surface area contributed by atoms with Gasteiger partial charge in [0.05, 0.1) is 4.92 Å². The standard InChI is InChI=1S/C19H18N4O5S/c1-13-5-8-16(9-6-13)28-12-18(25)21-22-19(29)20-17(24)10-7-14-3-2-4-15(11-14)23(26)27/h2-11H,12H2,1H3,(H,21,25)(H2,20,22,24,29)/b10-7+. The molecule has 0 aliphatic rings. The van der Waals surface area contributed by atoms with Crippen LogP contribution in [0.25, 0.3) is 6.08 Å². The molecule has 150 valence electrons. The molecule has 0 fully saturated rings. The van der Waals surface area contributed by atoms with Gasteiger partial charge in [0.1, 0.15) is 5.75 Å².